The average molecular weight is 297 g/mol. The molecule has 0 aromatic rings. The van der Waals surface area contributed by atoms with Gasteiger partial charge in [0.1, 0.15) is 5.71 Å². The molecule has 0 heterocycles. The van der Waals surface area contributed by atoms with Crippen LogP contribution in [0.1, 0.15) is 33.1 Å². The lowest BCUT2D eigenvalue weighted by molar-refractivity contribution is 0.124. The van der Waals surface area contributed by atoms with E-state index in [4.69, 9.17) is 31.0 Å². The zero-order valence-corrected chi connectivity index (χ0v) is 12.2. The van der Waals surface area contributed by atoms with Crippen LogP contribution in [0.25, 0.3) is 0 Å². The molecule has 0 radical (unpaired) electrons. The summed E-state index contributed by atoms with van der Waals surface area (Å²) < 4.78 is 26.7. The van der Waals surface area contributed by atoms with E-state index in [0.717, 1.165) is 12.8 Å². The predicted octanol–water partition coefficient (Wildman–Crippen LogP) is 3.13. The second kappa shape index (κ2) is 7.14. The first-order valence-electron chi connectivity index (χ1n) is 5.81. The lowest BCUT2D eigenvalue weighted by Crippen LogP contribution is -2.14. The van der Waals surface area contributed by atoms with Crippen molar-refractivity contribution in [3.63, 3.8) is 0 Å². The highest BCUT2D eigenvalue weighted by atomic mass is 35.5. The zero-order chi connectivity index (χ0) is 13.6. The largest absolute Gasteiger partial charge is 0.550 e. The molecule has 0 spiro atoms. The first-order chi connectivity index (χ1) is 8.52. The molecule has 104 valence electrons. The van der Waals surface area contributed by atoms with E-state index in [9.17, 15) is 4.57 Å². The molecule has 0 amide bonds. The number of halogens is 1. The van der Waals surface area contributed by atoms with Crippen molar-refractivity contribution in [2.75, 3.05) is 13.2 Å². The first kappa shape index (κ1) is 15.5. The molecule has 18 heavy (non-hydrogen) atoms. The molecule has 0 aromatic heterocycles. The summed E-state index contributed by atoms with van der Waals surface area (Å²) in [6.07, 6.45) is 2.18. The summed E-state index contributed by atoms with van der Waals surface area (Å²) in [5.41, 5.74) is 6.74. The van der Waals surface area contributed by atoms with Crippen LogP contribution < -0.4 is 5.73 Å². The van der Waals surface area contributed by atoms with E-state index in [1.807, 2.05) is 0 Å². The quantitative estimate of drug-likeness (QED) is 0.601. The number of oxime groups is 1. The molecular formula is C10H18ClN2O4P. The van der Waals surface area contributed by atoms with Crippen molar-refractivity contribution in [2.45, 2.75) is 33.1 Å². The molecule has 0 fully saturated rings. The standard InChI is InChI=1S/C10H18ClN2O4P/c1-3-15-18(14,16-4-2)17-13-9-7-5-6-8(12)10(9)11/h3-7,12H2,1-2H3/b13-9-. The van der Waals surface area contributed by atoms with Crippen molar-refractivity contribution in [2.24, 2.45) is 10.9 Å². The minimum Gasteiger partial charge on any atom is -0.401 e. The van der Waals surface area contributed by atoms with Gasteiger partial charge in [0.25, 0.3) is 0 Å². The molecule has 1 aliphatic rings. The lowest BCUT2D eigenvalue weighted by Gasteiger charge is -2.16. The Morgan fingerprint density at radius 1 is 1.33 bits per heavy atom. The van der Waals surface area contributed by atoms with Crippen LogP contribution in [0.3, 0.4) is 0 Å². The molecule has 6 nitrogen and oxygen atoms in total. The first-order valence-corrected chi connectivity index (χ1v) is 7.65. The second-order valence-corrected chi connectivity index (χ2v) is 5.55. The molecule has 1 rings (SSSR count). The molecule has 0 aromatic carbocycles. The Kier molecular flexibility index (Phi) is 6.15. The van der Waals surface area contributed by atoms with Gasteiger partial charge in [0.15, 0.2) is 0 Å². The zero-order valence-electron chi connectivity index (χ0n) is 10.5. The van der Waals surface area contributed by atoms with Crippen molar-refractivity contribution < 1.29 is 18.2 Å². The van der Waals surface area contributed by atoms with Gasteiger partial charge in [-0.2, -0.15) is 0 Å². The van der Waals surface area contributed by atoms with Crippen LogP contribution in [0.4, 0.5) is 0 Å². The van der Waals surface area contributed by atoms with Crippen LogP contribution in [-0.4, -0.2) is 18.9 Å². The number of rotatable bonds is 6. The highest BCUT2D eigenvalue weighted by Crippen LogP contribution is 2.49. The van der Waals surface area contributed by atoms with Gasteiger partial charge in [-0.1, -0.05) is 16.8 Å². The lowest BCUT2D eigenvalue weighted by atomic mass is 10.0. The number of phosphoric acid groups is 1. The maximum Gasteiger partial charge on any atom is 0.550 e. The van der Waals surface area contributed by atoms with Crippen LogP contribution >= 0.6 is 19.4 Å². The maximum atomic E-state index is 12.0. The maximum absolute atomic E-state index is 12.0. The molecule has 1 aliphatic carbocycles. The molecule has 0 atom stereocenters. The van der Waals surface area contributed by atoms with Gasteiger partial charge < -0.3 is 5.73 Å². The van der Waals surface area contributed by atoms with Crippen LogP contribution in [0.15, 0.2) is 15.9 Å². The van der Waals surface area contributed by atoms with E-state index >= 15 is 0 Å². The molecule has 0 aliphatic heterocycles. The molecule has 0 bridgehead atoms. The number of allylic oxidation sites excluding steroid dienone is 2. The Balaban J connectivity index is 2.77. The third kappa shape index (κ3) is 4.28. The van der Waals surface area contributed by atoms with Crippen LogP contribution in [0, 0.1) is 0 Å². The topological polar surface area (TPSA) is 83.1 Å². The van der Waals surface area contributed by atoms with Gasteiger partial charge in [0, 0.05) is 5.70 Å². The van der Waals surface area contributed by atoms with Crippen LogP contribution in [0.5, 0.6) is 0 Å². The number of nitrogens with zero attached hydrogens (tertiary/aromatic N) is 1. The van der Waals surface area contributed by atoms with Crippen molar-refractivity contribution in [3.8, 4) is 0 Å². The molecule has 8 heteroatoms. The molecular weight excluding hydrogens is 279 g/mol. The number of phosphoric ester groups is 1. The smallest absolute Gasteiger partial charge is 0.401 e. The summed E-state index contributed by atoms with van der Waals surface area (Å²) in [5.74, 6) is 0. The Morgan fingerprint density at radius 2 is 1.94 bits per heavy atom. The molecule has 0 unspecified atom stereocenters. The van der Waals surface area contributed by atoms with Crippen LogP contribution in [-0.2, 0) is 18.2 Å². The molecule has 0 saturated heterocycles. The summed E-state index contributed by atoms with van der Waals surface area (Å²) in [6.45, 7) is 3.78. The molecule has 2 N–H and O–H groups in total. The van der Waals surface area contributed by atoms with Gasteiger partial charge in [0.05, 0.1) is 18.2 Å². The Hall–Kier alpha value is -0.550. The summed E-state index contributed by atoms with van der Waals surface area (Å²) >= 11 is 5.99. The normalized spacial score (nSPS) is 19.4. The van der Waals surface area contributed by atoms with Crippen LogP contribution in [0.2, 0.25) is 0 Å². The summed E-state index contributed by atoms with van der Waals surface area (Å²) in [5, 5.41) is 4.12. The van der Waals surface area contributed by atoms with Crippen molar-refractivity contribution in [1.29, 1.82) is 0 Å². The van der Waals surface area contributed by atoms with Gasteiger partial charge >= 0.3 is 7.82 Å². The fraction of sp³-hybridized carbons (Fsp3) is 0.700. The third-order valence-corrected chi connectivity index (χ3v) is 4.11. The van der Waals surface area contributed by atoms with E-state index in [-0.39, 0.29) is 13.2 Å². The van der Waals surface area contributed by atoms with E-state index < -0.39 is 7.82 Å². The average Bonchev–Trinajstić information content (AvgIpc) is 2.32. The number of hydrogen-bond acceptors (Lipinski definition) is 6. The Bertz CT molecular complexity index is 387. The summed E-state index contributed by atoms with van der Waals surface area (Å²) in [4.78, 5) is 0. The second-order valence-electron chi connectivity index (χ2n) is 3.60. The number of hydrogen-bond donors (Lipinski definition) is 1. The fourth-order valence-corrected chi connectivity index (χ4v) is 2.66. The SMILES string of the molecule is CCOP(=O)(OCC)O/N=C1/CCCC(N)=C1Cl. The Labute approximate surface area is 112 Å². The Morgan fingerprint density at radius 3 is 2.50 bits per heavy atom. The third-order valence-electron chi connectivity index (χ3n) is 2.22. The summed E-state index contributed by atoms with van der Waals surface area (Å²) in [7, 11) is -3.64. The van der Waals surface area contributed by atoms with Gasteiger partial charge in [-0.25, -0.2) is 4.57 Å². The molecule has 0 saturated carbocycles. The van der Waals surface area contributed by atoms with Gasteiger partial charge in [0.2, 0.25) is 0 Å². The van der Waals surface area contributed by atoms with E-state index in [1.54, 1.807) is 13.8 Å². The monoisotopic (exact) mass is 296 g/mol. The van der Waals surface area contributed by atoms with Gasteiger partial charge in [-0.05, 0) is 33.1 Å². The van der Waals surface area contributed by atoms with Gasteiger partial charge in [-0.3, -0.25) is 13.7 Å². The van der Waals surface area contributed by atoms with Gasteiger partial charge in [-0.15, -0.1) is 0 Å². The highest BCUT2D eigenvalue weighted by molar-refractivity contribution is 7.48. The van der Waals surface area contributed by atoms with Crippen molar-refractivity contribution in [1.82, 2.24) is 0 Å². The predicted molar refractivity (Wildman–Crippen MR) is 70.3 cm³/mol. The van der Waals surface area contributed by atoms with E-state index in [2.05, 4.69) is 5.16 Å². The minimum absolute atomic E-state index is 0.202. The summed E-state index contributed by atoms with van der Waals surface area (Å²) in [6, 6.07) is 0. The number of nitrogens with two attached hydrogens (primary N) is 1. The highest BCUT2D eigenvalue weighted by Gasteiger charge is 2.28. The fourth-order valence-electron chi connectivity index (χ4n) is 1.44. The van der Waals surface area contributed by atoms with Crippen molar-refractivity contribution >= 4 is 25.1 Å². The minimum atomic E-state index is -3.64. The van der Waals surface area contributed by atoms with Crippen molar-refractivity contribution in [3.05, 3.63) is 10.7 Å². The van der Waals surface area contributed by atoms with E-state index in [1.165, 1.54) is 0 Å². The van der Waals surface area contributed by atoms with E-state index in [0.29, 0.717) is 22.9 Å².